The predicted molar refractivity (Wildman–Crippen MR) is 32.8 cm³/mol. The fourth-order valence-corrected chi connectivity index (χ4v) is 0.677. The summed E-state index contributed by atoms with van der Waals surface area (Å²) in [4.78, 5) is 10.1. The van der Waals surface area contributed by atoms with Gasteiger partial charge in [0, 0.05) is 0 Å². The van der Waals surface area contributed by atoms with Gasteiger partial charge >= 0.3 is 24.3 Å². The predicted octanol–water partition coefficient (Wildman–Crippen LogP) is 3.05. The number of carbonyl (C=O) groups excluding carboxylic acids is 1. The van der Waals surface area contributed by atoms with Crippen molar-refractivity contribution in [2.45, 2.75) is 18.5 Å². The highest BCUT2D eigenvalue weighted by molar-refractivity contribution is 5.98. The Labute approximate surface area is 86.3 Å². The van der Waals surface area contributed by atoms with Crippen LogP contribution in [0.15, 0.2) is 11.3 Å². The van der Waals surface area contributed by atoms with Crippen LogP contribution in [0.1, 0.15) is 0 Å². The molecule has 0 spiro atoms. The van der Waals surface area contributed by atoms with Gasteiger partial charge in [-0.05, 0) is 0 Å². The summed E-state index contributed by atoms with van der Waals surface area (Å²) in [5, 5.41) is 8.15. The first-order chi connectivity index (χ1) is 7.19. The van der Waals surface area contributed by atoms with Gasteiger partial charge in [0.15, 0.2) is 11.3 Å². The first-order valence-corrected chi connectivity index (χ1v) is 3.38. The Bertz CT molecular complexity index is 326. The quantitative estimate of drug-likeness (QED) is 0.454. The van der Waals surface area contributed by atoms with E-state index < -0.39 is 35.6 Å². The number of aliphatic hydroxyl groups excluding tert-OH is 1. The summed E-state index contributed by atoms with van der Waals surface area (Å²) in [5.74, 6) is -7.06. The van der Waals surface area contributed by atoms with E-state index in [2.05, 4.69) is 0 Å². The second-order valence-corrected chi connectivity index (χ2v) is 2.55. The number of hydrogen-bond acceptors (Lipinski definition) is 2. The van der Waals surface area contributed by atoms with Crippen LogP contribution in [0.4, 0.5) is 39.5 Å². The minimum atomic E-state index is -6.34. The molecule has 0 aliphatic carbocycles. The van der Waals surface area contributed by atoms with Crippen LogP contribution in [-0.2, 0) is 4.79 Å². The molecule has 100 valence electrons. The highest BCUT2D eigenvalue weighted by Gasteiger charge is 2.57. The maximum Gasteiger partial charge on any atom is 0.458 e. The Morgan fingerprint density at radius 1 is 0.706 bits per heavy atom. The normalized spacial score (nSPS) is 13.5. The number of carbonyl (C=O) groups is 1. The van der Waals surface area contributed by atoms with E-state index in [0.29, 0.717) is 0 Å². The van der Waals surface area contributed by atoms with E-state index in [9.17, 15) is 44.3 Å². The van der Waals surface area contributed by atoms with Crippen LogP contribution >= 0.6 is 0 Å². The molecular weight excluding hydrogens is 275 g/mol. The lowest BCUT2D eigenvalue weighted by Gasteiger charge is -2.16. The Morgan fingerprint density at radius 2 is 1.00 bits per heavy atom. The molecule has 0 heterocycles. The van der Waals surface area contributed by atoms with Crippen LogP contribution in [0.2, 0.25) is 0 Å². The summed E-state index contributed by atoms with van der Waals surface area (Å²) < 4.78 is 105. The van der Waals surface area contributed by atoms with Crippen molar-refractivity contribution >= 4 is 5.78 Å². The largest absolute Gasteiger partial charge is 0.504 e. The van der Waals surface area contributed by atoms with Gasteiger partial charge in [-0.2, -0.15) is 39.5 Å². The molecular formula is C6HF9O2. The number of hydrogen-bond donors (Lipinski definition) is 1. The first kappa shape index (κ1) is 15.6. The van der Waals surface area contributed by atoms with Gasteiger partial charge in [0.25, 0.3) is 0 Å². The minimum absolute atomic E-state index is 3.43. The zero-order chi connectivity index (χ0) is 14.2. The molecule has 0 unspecified atom stereocenters. The molecule has 0 atom stereocenters. The highest BCUT2D eigenvalue weighted by atomic mass is 19.4. The van der Waals surface area contributed by atoms with E-state index in [1.165, 1.54) is 0 Å². The van der Waals surface area contributed by atoms with Crippen LogP contribution in [0.25, 0.3) is 0 Å². The van der Waals surface area contributed by atoms with E-state index in [1.807, 2.05) is 0 Å². The van der Waals surface area contributed by atoms with Gasteiger partial charge < -0.3 is 5.11 Å². The molecule has 0 aliphatic heterocycles. The third kappa shape index (κ3) is 3.82. The summed E-state index contributed by atoms with van der Waals surface area (Å²) >= 11 is 0. The van der Waals surface area contributed by atoms with Crippen molar-refractivity contribution in [2.24, 2.45) is 0 Å². The van der Waals surface area contributed by atoms with E-state index in [-0.39, 0.29) is 0 Å². The number of halogens is 9. The second-order valence-electron chi connectivity index (χ2n) is 2.55. The maximum absolute atomic E-state index is 11.8. The maximum atomic E-state index is 11.8. The molecule has 0 saturated carbocycles. The van der Waals surface area contributed by atoms with Gasteiger partial charge in [-0.3, -0.25) is 4.79 Å². The van der Waals surface area contributed by atoms with Gasteiger partial charge in [-0.15, -0.1) is 0 Å². The highest BCUT2D eigenvalue weighted by Crippen LogP contribution is 2.41. The third-order valence-corrected chi connectivity index (χ3v) is 1.28. The minimum Gasteiger partial charge on any atom is -0.504 e. The standard InChI is InChI=1S/C6HF9O2/c7-4(8,9)2(5(10,11)12)1(16)3(17)6(13,14)15/h16H. The zero-order valence-corrected chi connectivity index (χ0v) is 7.26. The lowest BCUT2D eigenvalue weighted by Crippen LogP contribution is -2.34. The van der Waals surface area contributed by atoms with Gasteiger partial charge in [0.2, 0.25) is 0 Å². The molecule has 0 bridgehead atoms. The van der Waals surface area contributed by atoms with Crippen LogP contribution in [0.5, 0.6) is 0 Å². The van der Waals surface area contributed by atoms with Crippen molar-refractivity contribution in [1.82, 2.24) is 0 Å². The van der Waals surface area contributed by atoms with Gasteiger partial charge in [-0.1, -0.05) is 0 Å². The summed E-state index contributed by atoms with van der Waals surface area (Å²) in [6, 6.07) is 0. The van der Waals surface area contributed by atoms with Crippen molar-refractivity contribution in [3.8, 4) is 0 Å². The topological polar surface area (TPSA) is 37.3 Å². The monoisotopic (exact) mass is 276 g/mol. The molecule has 0 radical (unpaired) electrons. The molecule has 11 heteroatoms. The van der Waals surface area contributed by atoms with Gasteiger partial charge in [0.05, 0.1) is 0 Å². The molecule has 0 amide bonds. The Hall–Kier alpha value is -1.42. The molecule has 2 nitrogen and oxygen atoms in total. The summed E-state index contributed by atoms with van der Waals surface area (Å²) in [6.45, 7) is 0. The fourth-order valence-electron chi connectivity index (χ4n) is 0.677. The Balaban J connectivity index is 5.85. The summed E-state index contributed by atoms with van der Waals surface area (Å²) in [6.07, 6.45) is -18.7. The average molecular weight is 276 g/mol. The molecule has 1 N–H and O–H groups in total. The number of rotatable bonds is 1. The number of ketones is 1. The van der Waals surface area contributed by atoms with Crippen molar-refractivity contribution in [3.05, 3.63) is 11.3 Å². The summed E-state index contributed by atoms with van der Waals surface area (Å²) in [5.41, 5.74) is -3.90. The van der Waals surface area contributed by atoms with Gasteiger partial charge in [-0.25, -0.2) is 0 Å². The summed E-state index contributed by atoms with van der Waals surface area (Å²) in [7, 11) is 0. The smallest absolute Gasteiger partial charge is 0.458 e. The van der Waals surface area contributed by atoms with Crippen molar-refractivity contribution in [1.29, 1.82) is 0 Å². The van der Waals surface area contributed by atoms with Crippen molar-refractivity contribution in [3.63, 3.8) is 0 Å². The molecule has 0 fully saturated rings. The zero-order valence-electron chi connectivity index (χ0n) is 7.26. The molecule has 0 aromatic carbocycles. The van der Waals surface area contributed by atoms with Gasteiger partial charge in [0.1, 0.15) is 0 Å². The molecule has 0 rings (SSSR count). The second kappa shape index (κ2) is 4.11. The number of Topliss-reactive ketones (excluding diaryl/α,β-unsaturated/α-hetero) is 1. The lowest BCUT2D eigenvalue weighted by molar-refractivity contribution is -0.183. The molecule has 0 saturated heterocycles. The SMILES string of the molecule is O=C(C(O)=C(C(F)(F)F)C(F)(F)F)C(F)(F)F. The lowest BCUT2D eigenvalue weighted by atomic mass is 10.1. The Kier molecular flexibility index (Phi) is 3.77. The average Bonchev–Trinajstić information content (AvgIpc) is 1.94. The fraction of sp³-hybridized carbons (Fsp3) is 0.500. The molecule has 0 aromatic heterocycles. The molecule has 0 aliphatic rings. The van der Waals surface area contributed by atoms with Crippen molar-refractivity contribution in [2.75, 3.05) is 0 Å². The van der Waals surface area contributed by atoms with E-state index in [4.69, 9.17) is 5.11 Å². The third-order valence-electron chi connectivity index (χ3n) is 1.28. The Morgan fingerprint density at radius 3 is 1.18 bits per heavy atom. The van der Waals surface area contributed by atoms with E-state index >= 15 is 0 Å². The van der Waals surface area contributed by atoms with Crippen LogP contribution in [-0.4, -0.2) is 29.4 Å². The number of aliphatic hydroxyl groups is 1. The molecule has 17 heavy (non-hydrogen) atoms. The van der Waals surface area contributed by atoms with Crippen molar-refractivity contribution < 1.29 is 49.4 Å². The first-order valence-electron chi connectivity index (χ1n) is 3.38. The number of alkyl halides is 9. The van der Waals surface area contributed by atoms with Crippen LogP contribution in [0, 0.1) is 0 Å². The van der Waals surface area contributed by atoms with E-state index in [0.717, 1.165) is 0 Å². The van der Waals surface area contributed by atoms with E-state index in [1.54, 1.807) is 0 Å². The number of allylic oxidation sites excluding steroid dienone is 2. The van der Waals surface area contributed by atoms with Crippen LogP contribution < -0.4 is 0 Å². The molecule has 0 aromatic rings. The van der Waals surface area contributed by atoms with Crippen LogP contribution in [0.3, 0.4) is 0 Å².